The predicted molar refractivity (Wildman–Crippen MR) is 78.4 cm³/mol. The van der Waals surface area contributed by atoms with E-state index < -0.39 is 5.97 Å². The van der Waals surface area contributed by atoms with E-state index in [1.165, 1.54) is 18.3 Å². The number of nitrogens with zero attached hydrogens (tertiary/aromatic N) is 3. The van der Waals surface area contributed by atoms with Crippen molar-refractivity contribution in [2.45, 2.75) is 13.0 Å². The Labute approximate surface area is 125 Å². The lowest BCUT2D eigenvalue weighted by molar-refractivity contribution is 0.0691. The van der Waals surface area contributed by atoms with Gasteiger partial charge < -0.3 is 14.8 Å². The van der Waals surface area contributed by atoms with E-state index in [2.05, 4.69) is 15.3 Å². The highest BCUT2D eigenvalue weighted by Crippen LogP contribution is 2.21. The van der Waals surface area contributed by atoms with Crippen LogP contribution in [0.3, 0.4) is 0 Å². The Morgan fingerprint density at radius 3 is 3.00 bits per heavy atom. The number of anilines is 1. The van der Waals surface area contributed by atoms with Gasteiger partial charge in [-0.05, 0) is 24.6 Å². The number of carboxylic acids is 1. The zero-order valence-electron chi connectivity index (χ0n) is 11.7. The minimum atomic E-state index is -1.10. The molecule has 0 aliphatic carbocycles. The maximum Gasteiger partial charge on any atom is 0.356 e. The van der Waals surface area contributed by atoms with Crippen molar-refractivity contribution < 1.29 is 14.3 Å². The van der Waals surface area contributed by atoms with Crippen molar-refractivity contribution in [1.82, 2.24) is 14.4 Å². The van der Waals surface area contributed by atoms with Crippen molar-refractivity contribution in [2.75, 3.05) is 5.32 Å². The molecule has 0 saturated heterocycles. The number of hydrogen-bond acceptors (Lipinski definition) is 4. The second-order valence-electron chi connectivity index (χ2n) is 4.86. The summed E-state index contributed by atoms with van der Waals surface area (Å²) in [4.78, 5) is 19.2. The van der Waals surface area contributed by atoms with Crippen molar-refractivity contribution in [3.05, 3.63) is 59.9 Å². The number of aromatic nitrogens is 3. The standard InChI is InChI=1S/C15H13FN4O2/c1-9(10-3-2-4-11(16)7-10)18-13-14-19-12(15(21)22)8-20(14)6-5-17-13/h2-9H,1H3,(H,17,18)(H,21,22)/t9-/m1/s1. The summed E-state index contributed by atoms with van der Waals surface area (Å²) in [5, 5.41) is 12.1. The Kier molecular flexibility index (Phi) is 3.46. The molecule has 2 heterocycles. The molecule has 0 unspecified atom stereocenters. The first-order valence-corrected chi connectivity index (χ1v) is 6.63. The molecule has 6 nitrogen and oxygen atoms in total. The fourth-order valence-corrected chi connectivity index (χ4v) is 2.19. The molecular weight excluding hydrogens is 287 g/mol. The second kappa shape index (κ2) is 5.44. The molecule has 112 valence electrons. The molecule has 0 fully saturated rings. The molecule has 0 aliphatic rings. The van der Waals surface area contributed by atoms with E-state index in [1.807, 2.05) is 6.92 Å². The van der Waals surface area contributed by atoms with Crippen LogP contribution < -0.4 is 5.32 Å². The van der Waals surface area contributed by atoms with Gasteiger partial charge in [-0.1, -0.05) is 12.1 Å². The van der Waals surface area contributed by atoms with Gasteiger partial charge in [-0.25, -0.2) is 19.2 Å². The molecule has 1 aromatic carbocycles. The molecule has 22 heavy (non-hydrogen) atoms. The SMILES string of the molecule is C[C@@H](Nc1nccn2cc(C(=O)O)nc12)c1cccc(F)c1. The summed E-state index contributed by atoms with van der Waals surface area (Å²) in [6.45, 7) is 1.86. The van der Waals surface area contributed by atoms with Crippen molar-refractivity contribution in [3.63, 3.8) is 0 Å². The maximum absolute atomic E-state index is 13.3. The second-order valence-corrected chi connectivity index (χ2v) is 4.86. The third-order valence-electron chi connectivity index (χ3n) is 3.30. The average Bonchev–Trinajstić information content (AvgIpc) is 2.92. The molecule has 3 rings (SSSR count). The Balaban J connectivity index is 1.95. The molecule has 3 aromatic rings. The third kappa shape index (κ3) is 2.60. The van der Waals surface area contributed by atoms with Gasteiger partial charge in [0, 0.05) is 18.6 Å². The highest BCUT2D eigenvalue weighted by Gasteiger charge is 2.14. The van der Waals surface area contributed by atoms with Gasteiger partial charge in [0.2, 0.25) is 0 Å². The molecule has 2 aromatic heterocycles. The monoisotopic (exact) mass is 300 g/mol. The Morgan fingerprint density at radius 2 is 2.27 bits per heavy atom. The molecule has 0 radical (unpaired) electrons. The van der Waals surface area contributed by atoms with Crippen LogP contribution in [0.1, 0.15) is 29.0 Å². The van der Waals surface area contributed by atoms with E-state index in [4.69, 9.17) is 5.11 Å². The van der Waals surface area contributed by atoms with Crippen LogP contribution in [0.4, 0.5) is 10.2 Å². The molecule has 2 N–H and O–H groups in total. The van der Waals surface area contributed by atoms with E-state index in [0.717, 1.165) is 5.56 Å². The van der Waals surface area contributed by atoms with Crippen LogP contribution in [0, 0.1) is 5.82 Å². The number of rotatable bonds is 4. The molecule has 0 amide bonds. The fraction of sp³-hybridized carbons (Fsp3) is 0.133. The number of fused-ring (bicyclic) bond motifs is 1. The number of imidazole rings is 1. The summed E-state index contributed by atoms with van der Waals surface area (Å²) < 4.78 is 14.9. The molecule has 1 atom stereocenters. The quantitative estimate of drug-likeness (QED) is 0.774. The minimum Gasteiger partial charge on any atom is -0.476 e. The van der Waals surface area contributed by atoms with Gasteiger partial charge in [-0.3, -0.25) is 0 Å². The summed E-state index contributed by atoms with van der Waals surface area (Å²) in [6, 6.07) is 6.04. The smallest absolute Gasteiger partial charge is 0.356 e. The molecule has 0 spiro atoms. The van der Waals surface area contributed by atoms with Crippen molar-refractivity contribution in [2.24, 2.45) is 0 Å². The molecule has 7 heteroatoms. The van der Waals surface area contributed by atoms with E-state index in [1.54, 1.807) is 28.9 Å². The van der Waals surface area contributed by atoms with E-state index >= 15 is 0 Å². The lowest BCUT2D eigenvalue weighted by Gasteiger charge is -2.15. The average molecular weight is 300 g/mol. The van der Waals surface area contributed by atoms with Crippen LogP contribution in [0.5, 0.6) is 0 Å². The predicted octanol–water partition coefficient (Wildman–Crippen LogP) is 2.74. The Hall–Kier alpha value is -2.96. The molecule has 0 saturated carbocycles. The van der Waals surface area contributed by atoms with Crippen LogP contribution in [0.15, 0.2) is 42.9 Å². The first kappa shape index (κ1) is 14.0. The lowest BCUT2D eigenvalue weighted by atomic mass is 10.1. The first-order valence-electron chi connectivity index (χ1n) is 6.63. The zero-order chi connectivity index (χ0) is 15.7. The normalized spacial score (nSPS) is 12.3. The van der Waals surface area contributed by atoms with Gasteiger partial charge >= 0.3 is 5.97 Å². The minimum absolute atomic E-state index is 0.0607. The summed E-state index contributed by atoms with van der Waals surface area (Å²) in [5.74, 6) is -0.981. The molecule has 0 aliphatic heterocycles. The first-order chi connectivity index (χ1) is 10.5. The van der Waals surface area contributed by atoms with Crippen LogP contribution in [0.2, 0.25) is 0 Å². The Morgan fingerprint density at radius 1 is 1.45 bits per heavy atom. The van der Waals surface area contributed by atoms with Gasteiger partial charge in [0.05, 0.1) is 6.04 Å². The number of nitrogens with one attached hydrogen (secondary N) is 1. The topological polar surface area (TPSA) is 79.5 Å². The van der Waals surface area contributed by atoms with E-state index in [-0.39, 0.29) is 17.6 Å². The van der Waals surface area contributed by atoms with Crippen LogP contribution in [-0.4, -0.2) is 25.4 Å². The van der Waals surface area contributed by atoms with Gasteiger partial charge in [0.25, 0.3) is 0 Å². The van der Waals surface area contributed by atoms with Gasteiger partial charge in [-0.2, -0.15) is 0 Å². The van der Waals surface area contributed by atoms with Crippen molar-refractivity contribution in [1.29, 1.82) is 0 Å². The van der Waals surface area contributed by atoms with Crippen LogP contribution >= 0.6 is 0 Å². The number of carboxylic acid groups (broad SMARTS) is 1. The van der Waals surface area contributed by atoms with E-state index in [0.29, 0.717) is 11.5 Å². The van der Waals surface area contributed by atoms with Crippen LogP contribution in [0.25, 0.3) is 5.65 Å². The number of carbonyl (C=O) groups is 1. The summed E-state index contributed by atoms with van der Waals surface area (Å²) >= 11 is 0. The van der Waals surface area contributed by atoms with Gasteiger partial charge in [0.15, 0.2) is 17.2 Å². The number of hydrogen-bond donors (Lipinski definition) is 2. The highest BCUT2D eigenvalue weighted by molar-refractivity contribution is 5.86. The lowest BCUT2D eigenvalue weighted by Crippen LogP contribution is -2.09. The number of benzene rings is 1. The van der Waals surface area contributed by atoms with E-state index in [9.17, 15) is 9.18 Å². The Bertz CT molecular complexity index is 846. The maximum atomic E-state index is 13.3. The number of aromatic carboxylic acids is 1. The zero-order valence-corrected chi connectivity index (χ0v) is 11.7. The highest BCUT2D eigenvalue weighted by atomic mass is 19.1. The summed E-state index contributed by atoms with van der Waals surface area (Å²) in [6.07, 6.45) is 4.57. The molecular formula is C15H13FN4O2. The van der Waals surface area contributed by atoms with Crippen LogP contribution in [-0.2, 0) is 0 Å². The fourth-order valence-electron chi connectivity index (χ4n) is 2.19. The third-order valence-corrected chi connectivity index (χ3v) is 3.30. The van der Waals surface area contributed by atoms with Crippen molar-refractivity contribution >= 4 is 17.4 Å². The summed E-state index contributed by atoms with van der Waals surface area (Å²) in [7, 11) is 0. The van der Waals surface area contributed by atoms with Crippen molar-refractivity contribution in [3.8, 4) is 0 Å². The van der Waals surface area contributed by atoms with Gasteiger partial charge in [0.1, 0.15) is 5.82 Å². The number of halogens is 1. The summed E-state index contributed by atoms with van der Waals surface area (Å²) in [5.41, 5.74) is 1.10. The largest absolute Gasteiger partial charge is 0.476 e. The van der Waals surface area contributed by atoms with Gasteiger partial charge in [-0.15, -0.1) is 0 Å². The molecule has 0 bridgehead atoms.